The summed E-state index contributed by atoms with van der Waals surface area (Å²) in [6.45, 7) is 4.93. The Morgan fingerprint density at radius 2 is 2.19 bits per heavy atom. The van der Waals surface area contributed by atoms with Crippen LogP contribution in [-0.4, -0.2) is 26.0 Å². The SMILES string of the molecule is CC(C)NCc1cn(-c2cccc3cc(Br)cnc23)nn1. The zero-order valence-electron chi connectivity index (χ0n) is 11.9. The summed E-state index contributed by atoms with van der Waals surface area (Å²) in [5.74, 6) is 0. The fourth-order valence-electron chi connectivity index (χ4n) is 2.11. The van der Waals surface area contributed by atoms with Gasteiger partial charge in [0, 0.05) is 28.6 Å². The Labute approximate surface area is 131 Å². The molecule has 1 aromatic carbocycles. The Morgan fingerprint density at radius 1 is 1.33 bits per heavy atom. The lowest BCUT2D eigenvalue weighted by molar-refractivity contribution is 0.580. The van der Waals surface area contributed by atoms with E-state index >= 15 is 0 Å². The Hall–Kier alpha value is -1.79. The predicted molar refractivity (Wildman–Crippen MR) is 86.3 cm³/mol. The van der Waals surface area contributed by atoms with E-state index in [2.05, 4.69) is 50.4 Å². The van der Waals surface area contributed by atoms with E-state index < -0.39 is 0 Å². The van der Waals surface area contributed by atoms with E-state index in [1.165, 1.54) is 0 Å². The van der Waals surface area contributed by atoms with Gasteiger partial charge in [0.1, 0.15) is 0 Å². The highest BCUT2D eigenvalue weighted by molar-refractivity contribution is 9.10. The van der Waals surface area contributed by atoms with Crippen molar-refractivity contribution in [3.63, 3.8) is 0 Å². The van der Waals surface area contributed by atoms with Crippen molar-refractivity contribution >= 4 is 26.8 Å². The number of hydrogen-bond acceptors (Lipinski definition) is 4. The minimum absolute atomic E-state index is 0.423. The molecule has 0 saturated heterocycles. The van der Waals surface area contributed by atoms with Crippen LogP contribution in [0.4, 0.5) is 0 Å². The monoisotopic (exact) mass is 345 g/mol. The lowest BCUT2D eigenvalue weighted by Crippen LogP contribution is -2.21. The highest BCUT2D eigenvalue weighted by atomic mass is 79.9. The van der Waals surface area contributed by atoms with Gasteiger partial charge in [0.2, 0.25) is 0 Å². The van der Waals surface area contributed by atoms with Crippen LogP contribution in [-0.2, 0) is 6.54 Å². The van der Waals surface area contributed by atoms with Crippen LogP contribution in [0.25, 0.3) is 16.6 Å². The van der Waals surface area contributed by atoms with Gasteiger partial charge in [-0.1, -0.05) is 31.2 Å². The van der Waals surface area contributed by atoms with Crippen molar-refractivity contribution in [3.8, 4) is 5.69 Å². The molecule has 0 atom stereocenters. The molecule has 5 nitrogen and oxygen atoms in total. The number of para-hydroxylation sites is 1. The number of halogens is 1. The van der Waals surface area contributed by atoms with E-state index in [9.17, 15) is 0 Å². The Kier molecular flexibility index (Phi) is 3.98. The molecule has 108 valence electrons. The molecule has 2 heterocycles. The molecule has 3 aromatic rings. The molecule has 0 radical (unpaired) electrons. The fourth-order valence-corrected chi connectivity index (χ4v) is 2.46. The van der Waals surface area contributed by atoms with Gasteiger partial charge in [-0.2, -0.15) is 0 Å². The van der Waals surface area contributed by atoms with Gasteiger partial charge in [0.25, 0.3) is 0 Å². The van der Waals surface area contributed by atoms with E-state index in [4.69, 9.17) is 0 Å². The number of aromatic nitrogens is 4. The first-order valence-electron chi connectivity index (χ1n) is 6.83. The van der Waals surface area contributed by atoms with E-state index in [0.29, 0.717) is 12.6 Å². The summed E-state index contributed by atoms with van der Waals surface area (Å²) in [5.41, 5.74) is 2.76. The molecular weight excluding hydrogens is 330 g/mol. The molecule has 0 aliphatic rings. The van der Waals surface area contributed by atoms with Crippen LogP contribution in [0.3, 0.4) is 0 Å². The quantitative estimate of drug-likeness (QED) is 0.789. The summed E-state index contributed by atoms with van der Waals surface area (Å²) in [4.78, 5) is 4.49. The maximum absolute atomic E-state index is 4.49. The number of fused-ring (bicyclic) bond motifs is 1. The lowest BCUT2D eigenvalue weighted by Gasteiger charge is -2.05. The van der Waals surface area contributed by atoms with Gasteiger partial charge in [-0.05, 0) is 28.1 Å². The van der Waals surface area contributed by atoms with Gasteiger partial charge in [-0.25, -0.2) is 4.68 Å². The molecule has 21 heavy (non-hydrogen) atoms. The fraction of sp³-hybridized carbons (Fsp3) is 0.267. The van der Waals surface area contributed by atoms with Crippen LogP contribution in [0.1, 0.15) is 19.5 Å². The second kappa shape index (κ2) is 5.91. The van der Waals surface area contributed by atoms with Gasteiger partial charge in [0.05, 0.1) is 23.1 Å². The van der Waals surface area contributed by atoms with Crippen molar-refractivity contribution in [2.45, 2.75) is 26.4 Å². The molecule has 2 aromatic heterocycles. The average Bonchev–Trinajstić information content (AvgIpc) is 2.93. The molecule has 0 bridgehead atoms. The summed E-state index contributed by atoms with van der Waals surface area (Å²) in [7, 11) is 0. The molecule has 0 unspecified atom stereocenters. The number of hydrogen-bond donors (Lipinski definition) is 1. The second-order valence-corrected chi connectivity index (χ2v) is 6.11. The summed E-state index contributed by atoms with van der Waals surface area (Å²) < 4.78 is 2.74. The van der Waals surface area contributed by atoms with Crippen LogP contribution in [0.2, 0.25) is 0 Å². The third-order valence-corrected chi connectivity index (χ3v) is 3.57. The number of nitrogens with one attached hydrogen (secondary N) is 1. The lowest BCUT2D eigenvalue weighted by atomic mass is 10.2. The van der Waals surface area contributed by atoms with Gasteiger partial charge in [-0.3, -0.25) is 4.98 Å². The summed E-state index contributed by atoms with van der Waals surface area (Å²) in [6, 6.07) is 8.50. The highest BCUT2D eigenvalue weighted by Crippen LogP contribution is 2.22. The molecule has 1 N–H and O–H groups in total. The van der Waals surface area contributed by atoms with Crippen LogP contribution in [0, 0.1) is 0 Å². The first-order valence-corrected chi connectivity index (χ1v) is 7.62. The Balaban J connectivity index is 1.97. The van der Waals surface area contributed by atoms with E-state index in [-0.39, 0.29) is 0 Å². The number of rotatable bonds is 4. The first-order chi connectivity index (χ1) is 10.1. The molecule has 6 heteroatoms. The summed E-state index contributed by atoms with van der Waals surface area (Å²) in [6.07, 6.45) is 3.73. The highest BCUT2D eigenvalue weighted by Gasteiger charge is 2.08. The third-order valence-electron chi connectivity index (χ3n) is 3.14. The number of pyridine rings is 1. The molecule has 0 aliphatic carbocycles. The van der Waals surface area contributed by atoms with Gasteiger partial charge >= 0.3 is 0 Å². The molecule has 0 spiro atoms. The van der Waals surface area contributed by atoms with Crippen molar-refractivity contribution in [1.82, 2.24) is 25.3 Å². The Bertz CT molecular complexity index is 766. The molecular formula is C15H16BrN5. The minimum Gasteiger partial charge on any atom is -0.309 e. The van der Waals surface area contributed by atoms with Crippen molar-refractivity contribution in [2.24, 2.45) is 0 Å². The summed E-state index contributed by atoms with van der Waals surface area (Å²) in [5, 5.41) is 12.8. The van der Waals surface area contributed by atoms with Crippen LogP contribution < -0.4 is 5.32 Å². The van der Waals surface area contributed by atoms with E-state index in [1.807, 2.05) is 30.5 Å². The summed E-state index contributed by atoms with van der Waals surface area (Å²) >= 11 is 3.45. The standard InChI is InChI=1S/C15H16BrN5/c1-10(2)17-8-13-9-21(20-19-13)14-5-3-4-11-6-12(16)7-18-15(11)14/h3-7,9-10,17H,8H2,1-2H3. The third kappa shape index (κ3) is 3.11. The van der Waals surface area contributed by atoms with Gasteiger partial charge in [0.15, 0.2) is 0 Å². The zero-order valence-corrected chi connectivity index (χ0v) is 13.5. The van der Waals surface area contributed by atoms with Gasteiger partial charge < -0.3 is 5.32 Å². The van der Waals surface area contributed by atoms with E-state index in [1.54, 1.807) is 10.9 Å². The van der Waals surface area contributed by atoms with Crippen molar-refractivity contribution < 1.29 is 0 Å². The number of benzene rings is 1. The maximum Gasteiger partial charge on any atom is 0.0969 e. The van der Waals surface area contributed by atoms with Crippen molar-refractivity contribution in [2.75, 3.05) is 0 Å². The molecule has 0 amide bonds. The van der Waals surface area contributed by atoms with E-state index in [0.717, 1.165) is 26.8 Å². The van der Waals surface area contributed by atoms with Crippen molar-refractivity contribution in [3.05, 3.63) is 46.8 Å². The van der Waals surface area contributed by atoms with Crippen LogP contribution in [0.15, 0.2) is 41.1 Å². The maximum atomic E-state index is 4.49. The first kappa shape index (κ1) is 14.2. The second-order valence-electron chi connectivity index (χ2n) is 5.19. The van der Waals surface area contributed by atoms with Crippen molar-refractivity contribution in [1.29, 1.82) is 0 Å². The zero-order chi connectivity index (χ0) is 14.8. The molecule has 0 aliphatic heterocycles. The van der Waals surface area contributed by atoms with Crippen LogP contribution in [0.5, 0.6) is 0 Å². The molecule has 0 fully saturated rings. The average molecular weight is 346 g/mol. The predicted octanol–water partition coefficient (Wildman–Crippen LogP) is 3.08. The number of nitrogens with zero attached hydrogens (tertiary/aromatic N) is 4. The minimum atomic E-state index is 0.423. The molecule has 0 saturated carbocycles. The topological polar surface area (TPSA) is 55.6 Å². The Morgan fingerprint density at radius 3 is 3.00 bits per heavy atom. The largest absolute Gasteiger partial charge is 0.309 e. The normalized spacial score (nSPS) is 11.4. The smallest absolute Gasteiger partial charge is 0.0969 e. The molecule has 3 rings (SSSR count). The van der Waals surface area contributed by atoms with Crippen LogP contribution >= 0.6 is 15.9 Å². The van der Waals surface area contributed by atoms with Gasteiger partial charge in [-0.15, -0.1) is 5.10 Å².